The van der Waals surface area contributed by atoms with Crippen molar-refractivity contribution in [2.75, 3.05) is 0 Å². The van der Waals surface area contributed by atoms with Crippen LogP contribution in [0.4, 0.5) is 0 Å². The van der Waals surface area contributed by atoms with Gasteiger partial charge in [-0.3, -0.25) is 4.98 Å². The third-order valence-electron chi connectivity index (χ3n) is 3.17. The molecule has 3 aromatic rings. The Morgan fingerprint density at radius 2 is 1.95 bits per heavy atom. The molecule has 1 atom stereocenters. The second kappa shape index (κ2) is 4.72. The maximum Gasteiger partial charge on any atom is 0.0898 e. The third kappa shape index (κ3) is 2.37. The van der Waals surface area contributed by atoms with Crippen LogP contribution in [0.25, 0.3) is 10.9 Å². The highest BCUT2D eigenvalue weighted by atomic mass is 32.1. The molecule has 0 aliphatic heterocycles. The molecule has 1 aromatic carbocycles. The number of aryl methyl sites for hydroxylation is 2. The Morgan fingerprint density at radius 3 is 2.68 bits per heavy atom. The minimum atomic E-state index is -0.171. The van der Waals surface area contributed by atoms with Gasteiger partial charge in [0, 0.05) is 16.5 Å². The summed E-state index contributed by atoms with van der Waals surface area (Å²) in [5.74, 6) is 0. The van der Waals surface area contributed by atoms with E-state index in [9.17, 15) is 0 Å². The van der Waals surface area contributed by atoms with Crippen LogP contribution in [-0.2, 0) is 0 Å². The number of hydrogen-bond acceptors (Lipinski definition) is 4. The van der Waals surface area contributed by atoms with Crippen LogP contribution >= 0.6 is 11.3 Å². The molecular weight excluding hydrogens is 254 g/mol. The first-order valence-corrected chi connectivity index (χ1v) is 7.06. The fourth-order valence-corrected chi connectivity index (χ4v) is 2.78. The molecule has 3 rings (SSSR count). The molecule has 2 N–H and O–H groups in total. The van der Waals surface area contributed by atoms with Crippen LogP contribution in [0.3, 0.4) is 0 Å². The molecule has 0 saturated carbocycles. The molecule has 4 heteroatoms. The fraction of sp³-hybridized carbons (Fsp3) is 0.200. The Kier molecular flexibility index (Phi) is 3.05. The molecule has 96 valence electrons. The number of fused-ring (bicyclic) bond motifs is 1. The van der Waals surface area contributed by atoms with E-state index in [4.69, 9.17) is 5.73 Å². The normalized spacial score (nSPS) is 12.8. The molecule has 0 aliphatic rings. The van der Waals surface area contributed by atoms with Crippen molar-refractivity contribution in [2.45, 2.75) is 19.9 Å². The predicted octanol–water partition coefficient (Wildman–Crippen LogP) is 3.36. The lowest BCUT2D eigenvalue weighted by atomic mass is 10.0. The number of aromatic nitrogens is 2. The summed E-state index contributed by atoms with van der Waals surface area (Å²) in [5, 5.41) is 4.19. The molecule has 0 amide bonds. The van der Waals surface area contributed by atoms with Crippen molar-refractivity contribution in [1.29, 1.82) is 0 Å². The van der Waals surface area contributed by atoms with Crippen LogP contribution in [0, 0.1) is 13.8 Å². The van der Waals surface area contributed by atoms with E-state index in [0.717, 1.165) is 32.9 Å². The van der Waals surface area contributed by atoms with Crippen molar-refractivity contribution in [3.8, 4) is 0 Å². The van der Waals surface area contributed by atoms with Crippen LogP contribution in [0.2, 0.25) is 0 Å². The lowest BCUT2D eigenvalue weighted by Gasteiger charge is -2.10. The van der Waals surface area contributed by atoms with Gasteiger partial charge in [0.15, 0.2) is 0 Å². The van der Waals surface area contributed by atoms with Gasteiger partial charge < -0.3 is 5.73 Å². The highest BCUT2D eigenvalue weighted by Gasteiger charge is 2.12. The van der Waals surface area contributed by atoms with Crippen LogP contribution in [0.15, 0.2) is 35.7 Å². The van der Waals surface area contributed by atoms with Gasteiger partial charge in [-0.15, -0.1) is 11.3 Å². The molecule has 3 nitrogen and oxygen atoms in total. The van der Waals surface area contributed by atoms with Gasteiger partial charge in [0.2, 0.25) is 0 Å². The summed E-state index contributed by atoms with van der Waals surface area (Å²) < 4.78 is 0. The summed E-state index contributed by atoms with van der Waals surface area (Å²) in [6.07, 6.45) is 0. The third-order valence-corrected chi connectivity index (χ3v) is 3.96. The molecule has 1 unspecified atom stereocenters. The van der Waals surface area contributed by atoms with E-state index in [2.05, 4.69) is 22.1 Å². The summed E-state index contributed by atoms with van der Waals surface area (Å²) in [5.41, 5.74) is 10.3. The number of hydrogen-bond donors (Lipinski definition) is 1. The summed E-state index contributed by atoms with van der Waals surface area (Å²) in [6.45, 7) is 3.99. The Labute approximate surface area is 116 Å². The lowest BCUT2D eigenvalue weighted by Crippen LogP contribution is -2.12. The minimum Gasteiger partial charge on any atom is -0.319 e. The van der Waals surface area contributed by atoms with Gasteiger partial charge in [-0.05, 0) is 37.6 Å². The number of nitrogens with zero attached hydrogens (tertiary/aromatic N) is 2. The average Bonchev–Trinajstić information content (AvgIpc) is 2.84. The predicted molar refractivity (Wildman–Crippen MR) is 79.4 cm³/mol. The molecular formula is C15H15N3S. The molecule has 2 heterocycles. The van der Waals surface area contributed by atoms with E-state index in [1.54, 1.807) is 11.3 Å². The van der Waals surface area contributed by atoms with Crippen molar-refractivity contribution in [3.63, 3.8) is 0 Å². The highest BCUT2D eigenvalue weighted by Crippen LogP contribution is 2.24. The fourth-order valence-electron chi connectivity index (χ4n) is 2.13. The van der Waals surface area contributed by atoms with Crippen LogP contribution in [0.1, 0.15) is 28.0 Å². The first-order chi connectivity index (χ1) is 9.13. The van der Waals surface area contributed by atoms with Gasteiger partial charge in [-0.2, -0.15) is 0 Å². The topological polar surface area (TPSA) is 51.8 Å². The van der Waals surface area contributed by atoms with E-state index >= 15 is 0 Å². The number of benzene rings is 1. The number of nitrogens with two attached hydrogens (primary N) is 1. The molecule has 19 heavy (non-hydrogen) atoms. The average molecular weight is 269 g/mol. The SMILES string of the molecule is Cc1ccc2cc(C(N)c3csc(C)n3)ccc2n1. The zero-order valence-electron chi connectivity index (χ0n) is 10.9. The molecule has 0 aliphatic carbocycles. The monoisotopic (exact) mass is 269 g/mol. The van der Waals surface area contributed by atoms with Crippen LogP contribution in [-0.4, -0.2) is 9.97 Å². The molecule has 2 aromatic heterocycles. The van der Waals surface area contributed by atoms with Crippen molar-refractivity contribution in [1.82, 2.24) is 9.97 Å². The first-order valence-electron chi connectivity index (χ1n) is 6.18. The van der Waals surface area contributed by atoms with Crippen molar-refractivity contribution >= 4 is 22.2 Å². The maximum atomic E-state index is 6.27. The van der Waals surface area contributed by atoms with Gasteiger partial charge in [0.25, 0.3) is 0 Å². The minimum absolute atomic E-state index is 0.171. The lowest BCUT2D eigenvalue weighted by molar-refractivity contribution is 0.836. The number of thiazole rings is 1. The van der Waals surface area contributed by atoms with Gasteiger partial charge in [-0.1, -0.05) is 12.1 Å². The Bertz CT molecular complexity index is 733. The summed E-state index contributed by atoms with van der Waals surface area (Å²) in [7, 11) is 0. The van der Waals surface area contributed by atoms with Gasteiger partial charge in [-0.25, -0.2) is 4.98 Å². The van der Waals surface area contributed by atoms with Gasteiger partial charge >= 0.3 is 0 Å². The highest BCUT2D eigenvalue weighted by molar-refractivity contribution is 7.09. The van der Waals surface area contributed by atoms with Gasteiger partial charge in [0.1, 0.15) is 0 Å². The Balaban J connectivity index is 2.03. The maximum absolute atomic E-state index is 6.27. The smallest absolute Gasteiger partial charge is 0.0898 e. The van der Waals surface area contributed by atoms with Crippen molar-refractivity contribution in [2.24, 2.45) is 5.73 Å². The summed E-state index contributed by atoms with van der Waals surface area (Å²) >= 11 is 1.63. The summed E-state index contributed by atoms with van der Waals surface area (Å²) in [4.78, 5) is 8.96. The quantitative estimate of drug-likeness (QED) is 0.776. The Morgan fingerprint density at radius 1 is 1.11 bits per heavy atom. The van der Waals surface area contributed by atoms with E-state index < -0.39 is 0 Å². The Hall–Kier alpha value is -1.78. The van der Waals surface area contributed by atoms with Gasteiger partial charge in [0.05, 0.1) is 22.3 Å². The van der Waals surface area contributed by atoms with E-state index in [0.29, 0.717) is 0 Å². The molecule has 0 spiro atoms. The van der Waals surface area contributed by atoms with E-state index in [1.165, 1.54) is 0 Å². The molecule has 0 radical (unpaired) electrons. The zero-order chi connectivity index (χ0) is 13.4. The standard InChI is InChI=1S/C15H15N3S/c1-9-3-4-11-7-12(5-6-13(11)17-9)15(16)14-8-19-10(2)18-14/h3-8,15H,16H2,1-2H3. The number of rotatable bonds is 2. The molecule has 0 fully saturated rings. The second-order valence-corrected chi connectivity index (χ2v) is 5.74. The van der Waals surface area contributed by atoms with E-state index in [-0.39, 0.29) is 6.04 Å². The summed E-state index contributed by atoms with van der Waals surface area (Å²) in [6, 6.07) is 10.1. The first kappa shape index (κ1) is 12.3. The zero-order valence-corrected chi connectivity index (χ0v) is 11.7. The molecule has 0 saturated heterocycles. The van der Waals surface area contributed by atoms with Crippen LogP contribution < -0.4 is 5.73 Å². The second-order valence-electron chi connectivity index (χ2n) is 4.67. The van der Waals surface area contributed by atoms with Crippen molar-refractivity contribution < 1.29 is 0 Å². The van der Waals surface area contributed by atoms with Crippen LogP contribution in [0.5, 0.6) is 0 Å². The largest absolute Gasteiger partial charge is 0.319 e. The number of pyridine rings is 1. The van der Waals surface area contributed by atoms with Crippen molar-refractivity contribution in [3.05, 3.63) is 57.7 Å². The van der Waals surface area contributed by atoms with E-state index in [1.807, 2.05) is 37.4 Å². The molecule has 0 bridgehead atoms.